The van der Waals surface area contributed by atoms with Crippen LogP contribution in [0.3, 0.4) is 0 Å². The highest BCUT2D eigenvalue weighted by Crippen LogP contribution is 2.33. The summed E-state index contributed by atoms with van der Waals surface area (Å²) >= 11 is 11.8. The molecule has 3 rings (SSSR count). The Hall–Kier alpha value is -2.75. The van der Waals surface area contributed by atoms with Crippen molar-refractivity contribution in [3.05, 3.63) is 88.4 Å². The van der Waals surface area contributed by atoms with E-state index < -0.39 is 34.2 Å². The van der Waals surface area contributed by atoms with E-state index in [-0.39, 0.29) is 21.3 Å². The lowest BCUT2D eigenvalue weighted by Gasteiger charge is -2.25. The predicted molar refractivity (Wildman–Crippen MR) is 118 cm³/mol. The highest BCUT2D eigenvalue weighted by Gasteiger charge is 2.33. The summed E-state index contributed by atoms with van der Waals surface area (Å²) in [5.74, 6) is -0.814. The van der Waals surface area contributed by atoms with E-state index in [1.807, 2.05) is 0 Å². The number of nitrogens with one attached hydrogen (secondary N) is 1. The van der Waals surface area contributed by atoms with Gasteiger partial charge in [0.15, 0.2) is 0 Å². The molecule has 0 aliphatic rings. The Morgan fingerprint density at radius 1 is 0.938 bits per heavy atom. The van der Waals surface area contributed by atoms with Crippen LogP contribution in [0, 0.1) is 0 Å². The molecule has 0 saturated heterocycles. The van der Waals surface area contributed by atoms with Gasteiger partial charge in [-0.3, -0.25) is 9.10 Å². The Kier molecular flexibility index (Phi) is 7.02. The number of hydrogen-bond acceptors (Lipinski definition) is 3. The summed E-state index contributed by atoms with van der Waals surface area (Å²) < 4.78 is 66.7. The van der Waals surface area contributed by atoms with Crippen molar-refractivity contribution in [1.82, 2.24) is 0 Å². The Balaban J connectivity index is 2.00. The number of hydrogen-bond donors (Lipinski definition) is 1. The van der Waals surface area contributed by atoms with Crippen LogP contribution in [0.15, 0.2) is 77.7 Å². The first kappa shape index (κ1) is 23.9. The summed E-state index contributed by atoms with van der Waals surface area (Å²) in [7, 11) is -4.37. The topological polar surface area (TPSA) is 66.5 Å². The maximum Gasteiger partial charge on any atom is 0.416 e. The molecule has 0 spiro atoms. The number of rotatable bonds is 6. The van der Waals surface area contributed by atoms with E-state index in [9.17, 15) is 26.4 Å². The summed E-state index contributed by atoms with van der Waals surface area (Å²) in [5, 5.41) is 2.89. The minimum Gasteiger partial charge on any atom is -0.323 e. The van der Waals surface area contributed by atoms with Crippen LogP contribution < -0.4 is 9.62 Å². The van der Waals surface area contributed by atoms with E-state index in [1.54, 1.807) is 6.07 Å². The number of carbonyl (C=O) groups is 1. The number of benzene rings is 3. The molecule has 0 heterocycles. The molecule has 0 aliphatic carbocycles. The smallest absolute Gasteiger partial charge is 0.323 e. The Labute approximate surface area is 192 Å². The molecule has 0 aromatic heterocycles. The van der Waals surface area contributed by atoms with Crippen LogP contribution in [0.25, 0.3) is 0 Å². The molecule has 1 amide bonds. The van der Waals surface area contributed by atoms with Gasteiger partial charge in [0, 0.05) is 5.02 Å². The summed E-state index contributed by atoms with van der Waals surface area (Å²) in [4.78, 5) is 12.5. The van der Waals surface area contributed by atoms with Gasteiger partial charge in [-0.15, -0.1) is 0 Å². The predicted octanol–water partition coefficient (Wildman–Crippen LogP) is 5.85. The highest BCUT2D eigenvalue weighted by molar-refractivity contribution is 7.92. The second-order valence-corrected chi connectivity index (χ2v) is 9.25. The maximum atomic E-state index is 13.2. The van der Waals surface area contributed by atoms with Crippen molar-refractivity contribution < 1.29 is 26.4 Å². The largest absolute Gasteiger partial charge is 0.416 e. The molecule has 3 aromatic rings. The van der Waals surface area contributed by atoms with E-state index in [1.165, 1.54) is 48.5 Å². The molecular weight excluding hydrogens is 488 g/mol. The first-order valence-electron chi connectivity index (χ1n) is 8.98. The number of sulfonamides is 1. The lowest BCUT2D eigenvalue weighted by atomic mass is 10.2. The van der Waals surface area contributed by atoms with E-state index in [2.05, 4.69) is 5.32 Å². The zero-order valence-corrected chi connectivity index (χ0v) is 18.4. The number of carbonyl (C=O) groups excluding carboxylic acids is 1. The maximum absolute atomic E-state index is 13.2. The molecule has 32 heavy (non-hydrogen) atoms. The lowest BCUT2D eigenvalue weighted by molar-refractivity contribution is -0.137. The van der Waals surface area contributed by atoms with Crippen LogP contribution in [0.5, 0.6) is 0 Å². The second kappa shape index (κ2) is 9.40. The molecule has 0 atom stereocenters. The third kappa shape index (κ3) is 5.53. The van der Waals surface area contributed by atoms with E-state index in [0.717, 1.165) is 12.1 Å². The van der Waals surface area contributed by atoms with Gasteiger partial charge >= 0.3 is 6.18 Å². The van der Waals surface area contributed by atoms with Crippen LogP contribution in [0.1, 0.15) is 5.56 Å². The summed E-state index contributed by atoms with van der Waals surface area (Å²) in [5.41, 5.74) is -1.20. The molecule has 1 N–H and O–H groups in total. The molecule has 0 aliphatic heterocycles. The summed E-state index contributed by atoms with van der Waals surface area (Å²) in [6, 6.07) is 15.1. The molecule has 0 radical (unpaired) electrons. The molecule has 0 bridgehead atoms. The van der Waals surface area contributed by atoms with Gasteiger partial charge in [-0.2, -0.15) is 13.2 Å². The van der Waals surface area contributed by atoms with Crippen LogP contribution in [0.4, 0.5) is 24.5 Å². The monoisotopic (exact) mass is 502 g/mol. The van der Waals surface area contributed by atoms with Gasteiger partial charge < -0.3 is 5.32 Å². The van der Waals surface area contributed by atoms with E-state index in [4.69, 9.17) is 23.2 Å². The molecule has 0 unspecified atom stereocenters. The number of halogens is 5. The van der Waals surface area contributed by atoms with Crippen LogP contribution >= 0.6 is 23.2 Å². The third-order valence-corrected chi connectivity index (χ3v) is 6.62. The van der Waals surface area contributed by atoms with E-state index in [0.29, 0.717) is 15.4 Å². The molecule has 3 aromatic carbocycles. The molecule has 5 nitrogen and oxygen atoms in total. The fourth-order valence-electron chi connectivity index (χ4n) is 2.78. The Morgan fingerprint density at radius 2 is 1.62 bits per heavy atom. The summed E-state index contributed by atoms with van der Waals surface area (Å²) in [6.07, 6.45) is -4.70. The standard InChI is InChI=1S/C21H15Cl2F3N2O3S/c22-15-9-10-19(18(23)12-15)27-20(29)13-28(32(30,31)17-7-2-1-3-8-17)16-6-4-5-14(11-16)21(24,25)26/h1-12H,13H2,(H,27,29). The fraction of sp³-hybridized carbons (Fsp3) is 0.0952. The minimum atomic E-state index is -4.70. The number of nitrogens with zero attached hydrogens (tertiary/aromatic N) is 1. The number of alkyl halides is 3. The van der Waals surface area contributed by atoms with Gasteiger partial charge in [-0.25, -0.2) is 8.42 Å². The van der Waals surface area contributed by atoms with Gasteiger partial charge in [0.2, 0.25) is 5.91 Å². The van der Waals surface area contributed by atoms with Crippen molar-refractivity contribution in [2.45, 2.75) is 11.1 Å². The van der Waals surface area contributed by atoms with Crippen molar-refractivity contribution in [2.75, 3.05) is 16.2 Å². The normalized spacial score (nSPS) is 11.8. The average Bonchev–Trinajstić information content (AvgIpc) is 2.74. The quantitative estimate of drug-likeness (QED) is 0.459. The third-order valence-electron chi connectivity index (χ3n) is 4.29. The van der Waals surface area contributed by atoms with Gasteiger partial charge in [0.25, 0.3) is 10.0 Å². The summed E-state index contributed by atoms with van der Waals surface area (Å²) in [6.45, 7) is -0.794. The van der Waals surface area contributed by atoms with Crippen LogP contribution in [0.2, 0.25) is 10.0 Å². The zero-order valence-electron chi connectivity index (χ0n) is 16.1. The Bertz CT molecular complexity index is 1240. The fourth-order valence-corrected chi connectivity index (χ4v) is 4.67. The van der Waals surface area contributed by atoms with Crippen LogP contribution in [-0.4, -0.2) is 20.9 Å². The van der Waals surface area contributed by atoms with Crippen molar-refractivity contribution in [3.8, 4) is 0 Å². The zero-order chi connectivity index (χ0) is 23.5. The van der Waals surface area contributed by atoms with Gasteiger partial charge in [-0.05, 0) is 48.5 Å². The van der Waals surface area contributed by atoms with Crippen molar-refractivity contribution in [2.24, 2.45) is 0 Å². The minimum absolute atomic E-state index is 0.113. The molecule has 0 fully saturated rings. The van der Waals surface area contributed by atoms with Gasteiger partial charge in [-0.1, -0.05) is 47.5 Å². The molecule has 11 heteroatoms. The van der Waals surface area contributed by atoms with Crippen molar-refractivity contribution >= 4 is 50.5 Å². The molecular formula is C21H15Cl2F3N2O3S. The van der Waals surface area contributed by atoms with Crippen LogP contribution in [-0.2, 0) is 21.0 Å². The average molecular weight is 503 g/mol. The SMILES string of the molecule is O=C(CN(c1cccc(C(F)(F)F)c1)S(=O)(=O)c1ccccc1)Nc1ccc(Cl)cc1Cl. The van der Waals surface area contributed by atoms with E-state index >= 15 is 0 Å². The van der Waals surface area contributed by atoms with Gasteiger partial charge in [0.05, 0.1) is 26.9 Å². The Morgan fingerprint density at radius 3 is 2.25 bits per heavy atom. The first-order valence-corrected chi connectivity index (χ1v) is 11.2. The molecule has 0 saturated carbocycles. The lowest BCUT2D eigenvalue weighted by Crippen LogP contribution is -2.38. The first-order chi connectivity index (χ1) is 15.0. The molecule has 168 valence electrons. The number of amides is 1. The highest BCUT2D eigenvalue weighted by atomic mass is 35.5. The van der Waals surface area contributed by atoms with Crippen molar-refractivity contribution in [3.63, 3.8) is 0 Å². The van der Waals surface area contributed by atoms with Gasteiger partial charge in [0.1, 0.15) is 6.54 Å². The second-order valence-electron chi connectivity index (χ2n) is 6.55. The van der Waals surface area contributed by atoms with Crippen molar-refractivity contribution in [1.29, 1.82) is 0 Å². The number of anilines is 2.